The Hall–Kier alpha value is -0.920. The molecule has 7 heteroatoms. The lowest BCUT2D eigenvalue weighted by Gasteiger charge is -2.12. The van der Waals surface area contributed by atoms with Crippen molar-refractivity contribution < 1.29 is 0 Å². The Morgan fingerprint density at radius 3 is 1.69 bits per heavy atom. The molecule has 0 bridgehead atoms. The number of nitrogens with two attached hydrogens (primary N) is 2. The summed E-state index contributed by atoms with van der Waals surface area (Å²) in [5, 5.41) is 0. The minimum Gasteiger partial charge on any atom is -0.396 e. The van der Waals surface area contributed by atoms with Crippen LogP contribution in [0.25, 0.3) is 0 Å². The highest BCUT2D eigenvalue weighted by atomic mass is 79.9. The number of aromatic nitrogens is 2. The lowest BCUT2D eigenvalue weighted by Crippen LogP contribution is -2.03. The highest BCUT2D eigenvalue weighted by Gasteiger charge is 2.11. The number of aryl methyl sites for hydroxylation is 1. The first kappa shape index (κ1) is 23.1. The molecule has 0 aliphatic carbocycles. The van der Waals surface area contributed by atoms with Crippen LogP contribution >= 0.6 is 39.5 Å². The Bertz CT molecular complexity index is 685. The van der Waals surface area contributed by atoms with Crippen LogP contribution in [0.4, 0.5) is 11.4 Å². The van der Waals surface area contributed by atoms with Crippen molar-refractivity contribution in [1.29, 1.82) is 0 Å². The molecule has 0 spiro atoms. The molecule has 0 fully saturated rings. The number of hydrogen-bond acceptors (Lipinski definition) is 6. The van der Waals surface area contributed by atoms with Gasteiger partial charge < -0.3 is 11.5 Å². The molecule has 26 heavy (non-hydrogen) atoms. The molecule has 2 rings (SSSR count). The number of thioether (sulfide) groups is 2. The number of rotatable bonds is 4. The summed E-state index contributed by atoms with van der Waals surface area (Å²) in [5.74, 6) is 0.759. The first-order valence-electron chi connectivity index (χ1n) is 8.43. The van der Waals surface area contributed by atoms with Crippen molar-refractivity contribution in [3.8, 4) is 0 Å². The number of hydrogen-bond donors (Lipinski definition) is 2. The van der Waals surface area contributed by atoms with Gasteiger partial charge in [-0.25, -0.2) is 4.98 Å². The van der Waals surface area contributed by atoms with Gasteiger partial charge in [0.1, 0.15) is 4.60 Å². The summed E-state index contributed by atoms with van der Waals surface area (Å²) in [6.45, 7) is 10.4. The van der Waals surface area contributed by atoms with E-state index in [1.54, 1.807) is 23.5 Å². The smallest absolute Gasteiger partial charge is 0.107 e. The molecule has 144 valence electrons. The molecule has 0 atom stereocenters. The maximum Gasteiger partial charge on any atom is 0.107 e. The third-order valence-corrected chi connectivity index (χ3v) is 5.69. The molecular weight excluding hydrogens is 428 g/mol. The molecule has 0 saturated heterocycles. The van der Waals surface area contributed by atoms with Gasteiger partial charge in [-0.2, -0.15) is 0 Å². The lowest BCUT2D eigenvalue weighted by molar-refractivity contribution is 0.814. The van der Waals surface area contributed by atoms with E-state index in [1.165, 1.54) is 0 Å². The quantitative estimate of drug-likeness (QED) is 0.427. The molecular formula is C19H29BrN4S2. The van der Waals surface area contributed by atoms with E-state index in [2.05, 4.69) is 53.6 Å². The minimum absolute atomic E-state index is 0.364. The first-order chi connectivity index (χ1) is 12.1. The topological polar surface area (TPSA) is 77.8 Å². The second-order valence-electron chi connectivity index (χ2n) is 6.52. The molecule has 2 aromatic rings. The monoisotopic (exact) mass is 456 g/mol. The Morgan fingerprint density at radius 2 is 1.27 bits per heavy atom. The van der Waals surface area contributed by atoms with Gasteiger partial charge in [0.25, 0.3) is 0 Å². The highest BCUT2D eigenvalue weighted by Crippen LogP contribution is 2.31. The fourth-order valence-electron chi connectivity index (χ4n) is 2.41. The van der Waals surface area contributed by atoms with Crippen LogP contribution in [-0.4, -0.2) is 22.5 Å². The van der Waals surface area contributed by atoms with E-state index >= 15 is 0 Å². The predicted octanol–water partition coefficient (Wildman–Crippen LogP) is 6.09. The van der Waals surface area contributed by atoms with Gasteiger partial charge in [0.15, 0.2) is 0 Å². The maximum absolute atomic E-state index is 5.98. The number of pyridine rings is 2. The molecule has 0 aliphatic heterocycles. The molecule has 4 N–H and O–H groups in total. The van der Waals surface area contributed by atoms with E-state index in [1.807, 2.05) is 31.6 Å². The minimum atomic E-state index is 0.364. The maximum atomic E-state index is 5.98. The molecule has 0 unspecified atom stereocenters. The average molecular weight is 458 g/mol. The third kappa shape index (κ3) is 6.06. The Morgan fingerprint density at radius 1 is 0.846 bits per heavy atom. The van der Waals surface area contributed by atoms with E-state index in [4.69, 9.17) is 11.5 Å². The normalized spacial score (nSPS) is 10.8. The zero-order valence-corrected chi connectivity index (χ0v) is 19.8. The van der Waals surface area contributed by atoms with Crippen LogP contribution in [0.3, 0.4) is 0 Å². The first-order valence-corrected chi connectivity index (χ1v) is 11.7. The van der Waals surface area contributed by atoms with E-state index in [0.29, 0.717) is 11.8 Å². The van der Waals surface area contributed by atoms with Gasteiger partial charge in [0.2, 0.25) is 0 Å². The third-order valence-electron chi connectivity index (χ3n) is 3.73. The van der Waals surface area contributed by atoms with E-state index in [-0.39, 0.29) is 0 Å². The summed E-state index contributed by atoms with van der Waals surface area (Å²) in [6.07, 6.45) is 4.05. The van der Waals surface area contributed by atoms with Crippen molar-refractivity contribution in [3.63, 3.8) is 0 Å². The lowest BCUT2D eigenvalue weighted by atomic mass is 10.1. The van der Waals surface area contributed by atoms with Crippen molar-refractivity contribution in [2.75, 3.05) is 24.0 Å². The summed E-state index contributed by atoms with van der Waals surface area (Å²) < 4.78 is 0.856. The molecule has 2 aromatic heterocycles. The Balaban J connectivity index is 0.000000260. The van der Waals surface area contributed by atoms with Crippen LogP contribution < -0.4 is 11.5 Å². The van der Waals surface area contributed by atoms with Crippen LogP contribution in [0.5, 0.6) is 0 Å². The van der Waals surface area contributed by atoms with Gasteiger partial charge in [0.05, 0.1) is 22.8 Å². The molecule has 0 radical (unpaired) electrons. The highest BCUT2D eigenvalue weighted by molar-refractivity contribution is 9.10. The van der Waals surface area contributed by atoms with Crippen LogP contribution in [0.2, 0.25) is 0 Å². The van der Waals surface area contributed by atoms with E-state index in [9.17, 15) is 0 Å². The van der Waals surface area contributed by atoms with Crippen LogP contribution in [0.1, 0.15) is 56.6 Å². The van der Waals surface area contributed by atoms with E-state index < -0.39 is 0 Å². The van der Waals surface area contributed by atoms with Crippen molar-refractivity contribution in [2.24, 2.45) is 0 Å². The number of nitrogen functional groups attached to an aromatic ring is 2. The van der Waals surface area contributed by atoms with E-state index in [0.717, 1.165) is 42.9 Å². The standard InChI is InChI=1S/C10H16N2S.C9H13BrN2S/c1-6(2)10-9(11)8(13-4)5-7(3)12-10;1-5(2)9-8(11)6(13-3)4-7(10)12-9/h5-6H,11H2,1-4H3;4-5H,11H2,1-3H3. The largest absolute Gasteiger partial charge is 0.396 e. The van der Waals surface area contributed by atoms with Gasteiger partial charge in [-0.1, -0.05) is 27.7 Å². The number of nitrogens with zero attached hydrogens (tertiary/aromatic N) is 2. The van der Waals surface area contributed by atoms with Crippen LogP contribution in [0, 0.1) is 6.92 Å². The van der Waals surface area contributed by atoms with Crippen LogP contribution in [-0.2, 0) is 0 Å². The molecule has 0 saturated carbocycles. The van der Waals surface area contributed by atoms with Crippen molar-refractivity contribution >= 4 is 50.8 Å². The van der Waals surface area contributed by atoms with Crippen molar-refractivity contribution in [3.05, 3.63) is 33.8 Å². The van der Waals surface area contributed by atoms with Crippen LogP contribution in [0.15, 0.2) is 26.5 Å². The zero-order chi connectivity index (χ0) is 20.0. The molecule has 2 heterocycles. The summed E-state index contributed by atoms with van der Waals surface area (Å²) in [6, 6.07) is 3.98. The van der Waals surface area contributed by atoms with Gasteiger partial charge in [-0.15, -0.1) is 23.5 Å². The molecule has 4 nitrogen and oxygen atoms in total. The number of anilines is 2. The fraction of sp³-hybridized carbons (Fsp3) is 0.474. The summed E-state index contributed by atoms with van der Waals surface area (Å²) in [5.41, 5.74) is 16.6. The Kier molecular flexibility index (Phi) is 9.27. The van der Waals surface area contributed by atoms with Gasteiger partial charge in [0, 0.05) is 15.5 Å². The van der Waals surface area contributed by atoms with Gasteiger partial charge in [-0.3, -0.25) is 4.98 Å². The zero-order valence-electron chi connectivity index (χ0n) is 16.6. The second kappa shape index (κ2) is 10.4. The summed E-state index contributed by atoms with van der Waals surface area (Å²) in [7, 11) is 0. The average Bonchev–Trinajstić information content (AvgIpc) is 2.58. The fourth-order valence-corrected chi connectivity index (χ4v) is 4.15. The van der Waals surface area contributed by atoms with Crippen molar-refractivity contribution in [2.45, 2.75) is 56.2 Å². The predicted molar refractivity (Wildman–Crippen MR) is 121 cm³/mol. The molecule has 0 aliphatic rings. The summed E-state index contributed by atoms with van der Waals surface area (Å²) in [4.78, 5) is 11.0. The number of halogens is 1. The van der Waals surface area contributed by atoms with Gasteiger partial charge in [-0.05, 0) is 59.3 Å². The van der Waals surface area contributed by atoms with Crippen molar-refractivity contribution in [1.82, 2.24) is 9.97 Å². The Labute approximate surface area is 174 Å². The summed E-state index contributed by atoms with van der Waals surface area (Å²) >= 11 is 6.70. The SMILES string of the molecule is CSc1cc(Br)nc(C(C)C)c1N.CSc1cc(C)nc(C(C)C)c1N. The second-order valence-corrected chi connectivity index (χ2v) is 9.03. The van der Waals surface area contributed by atoms with Gasteiger partial charge >= 0.3 is 0 Å². The molecule has 0 amide bonds. The molecule has 0 aromatic carbocycles.